The van der Waals surface area contributed by atoms with Crippen molar-refractivity contribution >= 4 is 34.1 Å². The molecule has 0 saturated carbocycles. The van der Waals surface area contributed by atoms with Crippen molar-refractivity contribution in [2.45, 2.75) is 0 Å². The van der Waals surface area contributed by atoms with Crippen LogP contribution in [0.25, 0.3) is 22.6 Å². The summed E-state index contributed by atoms with van der Waals surface area (Å²) in [5.74, 6) is 0.133. The highest BCUT2D eigenvalue weighted by atomic mass is 19.1. The quantitative estimate of drug-likeness (QED) is 0.707. The van der Waals surface area contributed by atoms with Crippen LogP contribution in [0.3, 0.4) is 0 Å². The standard InChI is InChI=1S/C18H13FN2O2/c1-23-12-3-5-16-13(8-12)10(9-20-16)6-15-14-7-11(19)2-4-17(14)21-18(15)22/h2-9,20H,1H3,(H,21,22). The van der Waals surface area contributed by atoms with Crippen LogP contribution in [0.1, 0.15) is 11.1 Å². The smallest absolute Gasteiger partial charge is 0.256 e. The molecular formula is C18H13FN2O2. The highest BCUT2D eigenvalue weighted by Crippen LogP contribution is 2.35. The van der Waals surface area contributed by atoms with E-state index in [0.717, 1.165) is 22.2 Å². The van der Waals surface area contributed by atoms with Gasteiger partial charge in [-0.25, -0.2) is 4.39 Å². The average Bonchev–Trinajstić information content (AvgIpc) is 3.09. The number of carbonyl (C=O) groups is 1. The summed E-state index contributed by atoms with van der Waals surface area (Å²) in [7, 11) is 1.61. The van der Waals surface area contributed by atoms with E-state index >= 15 is 0 Å². The summed E-state index contributed by atoms with van der Waals surface area (Å²) in [4.78, 5) is 15.3. The molecule has 0 unspecified atom stereocenters. The number of fused-ring (bicyclic) bond motifs is 2. The van der Waals surface area contributed by atoms with Crippen molar-refractivity contribution in [2.75, 3.05) is 12.4 Å². The number of hydrogen-bond donors (Lipinski definition) is 2. The van der Waals surface area contributed by atoms with Gasteiger partial charge in [-0.15, -0.1) is 0 Å². The maximum absolute atomic E-state index is 13.5. The molecule has 0 aliphatic carbocycles. The fourth-order valence-electron chi connectivity index (χ4n) is 2.83. The van der Waals surface area contributed by atoms with E-state index in [1.54, 1.807) is 19.3 Å². The second kappa shape index (κ2) is 4.98. The molecule has 2 heterocycles. The van der Waals surface area contributed by atoms with Gasteiger partial charge >= 0.3 is 0 Å². The number of amides is 1. The minimum absolute atomic E-state index is 0.233. The Bertz CT molecular complexity index is 972. The van der Waals surface area contributed by atoms with Crippen molar-refractivity contribution < 1.29 is 13.9 Å². The molecule has 114 valence electrons. The average molecular weight is 308 g/mol. The van der Waals surface area contributed by atoms with Crippen molar-refractivity contribution in [2.24, 2.45) is 0 Å². The molecule has 2 N–H and O–H groups in total. The zero-order valence-electron chi connectivity index (χ0n) is 12.3. The lowest BCUT2D eigenvalue weighted by molar-refractivity contribution is -0.110. The molecule has 1 aliphatic rings. The van der Waals surface area contributed by atoms with E-state index in [1.165, 1.54) is 12.1 Å². The summed E-state index contributed by atoms with van der Waals surface area (Å²) in [6.45, 7) is 0. The summed E-state index contributed by atoms with van der Waals surface area (Å²) in [6, 6.07) is 9.95. The number of H-pyrrole nitrogens is 1. The molecule has 0 atom stereocenters. The van der Waals surface area contributed by atoms with Crippen LogP contribution in [0.5, 0.6) is 5.75 Å². The van der Waals surface area contributed by atoms with Gasteiger partial charge in [0.05, 0.1) is 7.11 Å². The number of ether oxygens (including phenoxy) is 1. The first kappa shape index (κ1) is 13.6. The Labute approximate surface area is 131 Å². The van der Waals surface area contributed by atoms with Gasteiger partial charge in [-0.2, -0.15) is 0 Å². The Morgan fingerprint density at radius 2 is 2.04 bits per heavy atom. The zero-order chi connectivity index (χ0) is 16.0. The van der Waals surface area contributed by atoms with Gasteiger partial charge in [-0.1, -0.05) is 0 Å². The van der Waals surface area contributed by atoms with Gasteiger partial charge in [-0.3, -0.25) is 4.79 Å². The molecule has 5 heteroatoms. The zero-order valence-corrected chi connectivity index (χ0v) is 12.3. The Morgan fingerprint density at radius 1 is 1.17 bits per heavy atom. The molecule has 1 amide bonds. The number of rotatable bonds is 2. The molecule has 1 aliphatic heterocycles. The number of anilines is 1. The molecular weight excluding hydrogens is 295 g/mol. The van der Waals surface area contributed by atoms with Crippen LogP contribution in [0.4, 0.5) is 10.1 Å². The van der Waals surface area contributed by atoms with E-state index in [1.807, 2.05) is 24.4 Å². The summed E-state index contributed by atoms with van der Waals surface area (Å²) in [5, 5.41) is 3.69. The van der Waals surface area contributed by atoms with Crippen LogP contribution in [0, 0.1) is 5.82 Å². The van der Waals surface area contributed by atoms with Gasteiger partial charge in [0.2, 0.25) is 0 Å². The number of benzene rings is 2. The lowest BCUT2D eigenvalue weighted by Crippen LogP contribution is -2.03. The number of aromatic amines is 1. The summed E-state index contributed by atoms with van der Waals surface area (Å²) in [6.07, 6.45) is 3.58. The molecule has 1 aromatic heterocycles. The van der Waals surface area contributed by atoms with Gasteiger partial charge in [-0.05, 0) is 42.5 Å². The van der Waals surface area contributed by atoms with Crippen molar-refractivity contribution in [3.63, 3.8) is 0 Å². The Balaban J connectivity index is 1.88. The van der Waals surface area contributed by atoms with Crippen molar-refractivity contribution in [3.8, 4) is 5.75 Å². The Hall–Kier alpha value is -3.08. The third kappa shape index (κ3) is 2.17. The second-order valence-electron chi connectivity index (χ2n) is 5.36. The third-order valence-electron chi connectivity index (χ3n) is 3.99. The predicted octanol–water partition coefficient (Wildman–Crippen LogP) is 3.81. The van der Waals surface area contributed by atoms with Gasteiger partial charge in [0.15, 0.2) is 0 Å². The Morgan fingerprint density at radius 3 is 2.87 bits per heavy atom. The number of methoxy groups -OCH3 is 1. The number of halogens is 1. The molecule has 0 bridgehead atoms. The fourth-order valence-corrected chi connectivity index (χ4v) is 2.83. The highest BCUT2D eigenvalue weighted by Gasteiger charge is 2.24. The van der Waals surface area contributed by atoms with Crippen LogP contribution < -0.4 is 10.1 Å². The van der Waals surface area contributed by atoms with E-state index in [0.29, 0.717) is 16.8 Å². The number of nitrogens with one attached hydrogen (secondary N) is 2. The van der Waals surface area contributed by atoms with E-state index in [-0.39, 0.29) is 11.7 Å². The normalized spacial score (nSPS) is 15.0. The SMILES string of the molecule is COc1ccc2[nH]cc(C=C3C(=O)Nc4ccc(F)cc43)c2c1. The number of hydrogen-bond acceptors (Lipinski definition) is 2. The number of carbonyl (C=O) groups excluding carboxylic acids is 1. The molecule has 0 radical (unpaired) electrons. The van der Waals surface area contributed by atoms with Gasteiger partial charge in [0.25, 0.3) is 5.91 Å². The predicted molar refractivity (Wildman–Crippen MR) is 87.8 cm³/mol. The van der Waals surface area contributed by atoms with Gasteiger partial charge in [0, 0.05) is 39.5 Å². The van der Waals surface area contributed by atoms with Gasteiger partial charge in [0.1, 0.15) is 11.6 Å². The van der Waals surface area contributed by atoms with E-state index in [9.17, 15) is 9.18 Å². The molecule has 0 fully saturated rings. The van der Waals surface area contributed by atoms with Gasteiger partial charge < -0.3 is 15.0 Å². The van der Waals surface area contributed by atoms with E-state index in [2.05, 4.69) is 10.3 Å². The van der Waals surface area contributed by atoms with Crippen LogP contribution in [0.15, 0.2) is 42.6 Å². The fraction of sp³-hybridized carbons (Fsp3) is 0.0556. The maximum atomic E-state index is 13.5. The second-order valence-corrected chi connectivity index (χ2v) is 5.36. The van der Waals surface area contributed by atoms with Crippen LogP contribution in [-0.2, 0) is 4.79 Å². The summed E-state index contributed by atoms with van der Waals surface area (Å²) >= 11 is 0. The van der Waals surface area contributed by atoms with Crippen LogP contribution >= 0.6 is 0 Å². The highest BCUT2D eigenvalue weighted by molar-refractivity contribution is 6.35. The first-order valence-electron chi connectivity index (χ1n) is 7.14. The molecule has 23 heavy (non-hydrogen) atoms. The van der Waals surface area contributed by atoms with Crippen LogP contribution in [0.2, 0.25) is 0 Å². The van der Waals surface area contributed by atoms with E-state index in [4.69, 9.17) is 4.74 Å². The first-order chi connectivity index (χ1) is 11.2. The molecule has 3 aromatic rings. The molecule has 2 aromatic carbocycles. The van der Waals surface area contributed by atoms with Crippen molar-refractivity contribution in [1.29, 1.82) is 0 Å². The van der Waals surface area contributed by atoms with Crippen molar-refractivity contribution in [1.82, 2.24) is 4.98 Å². The minimum atomic E-state index is -0.369. The Kier molecular flexibility index (Phi) is 2.94. The minimum Gasteiger partial charge on any atom is -0.497 e. The summed E-state index contributed by atoms with van der Waals surface area (Å²) < 4.78 is 18.8. The topological polar surface area (TPSA) is 54.1 Å². The van der Waals surface area contributed by atoms with Crippen molar-refractivity contribution in [3.05, 3.63) is 59.5 Å². The summed E-state index contributed by atoms with van der Waals surface area (Å²) in [5.41, 5.74) is 3.44. The third-order valence-corrected chi connectivity index (χ3v) is 3.99. The van der Waals surface area contributed by atoms with E-state index < -0.39 is 0 Å². The monoisotopic (exact) mass is 308 g/mol. The lowest BCUT2D eigenvalue weighted by Gasteiger charge is -2.01. The maximum Gasteiger partial charge on any atom is 0.256 e. The lowest BCUT2D eigenvalue weighted by atomic mass is 10.0. The molecule has 0 saturated heterocycles. The molecule has 0 spiro atoms. The molecule has 4 rings (SSSR count). The first-order valence-corrected chi connectivity index (χ1v) is 7.14. The van der Waals surface area contributed by atoms with Crippen LogP contribution in [-0.4, -0.2) is 18.0 Å². The number of aromatic nitrogens is 1. The largest absolute Gasteiger partial charge is 0.497 e. The molecule has 4 nitrogen and oxygen atoms in total.